The zero-order chi connectivity index (χ0) is 7.82. The fourth-order valence-electron chi connectivity index (χ4n) is 1.31. The molecule has 0 aliphatic rings. The number of rotatable bonds is 6. The van der Waals surface area contributed by atoms with Gasteiger partial charge in [-0.3, -0.25) is 0 Å². The summed E-state index contributed by atoms with van der Waals surface area (Å²) >= 11 is 0. The molecule has 10 heavy (non-hydrogen) atoms. The first-order valence-corrected chi connectivity index (χ1v) is 4.46. The van der Waals surface area contributed by atoms with E-state index in [4.69, 9.17) is 0 Å². The third-order valence-corrected chi connectivity index (χ3v) is 2.05. The third-order valence-electron chi connectivity index (χ3n) is 2.05. The Hall–Kier alpha value is -0.260. The molecule has 0 bridgehead atoms. The highest BCUT2D eigenvalue weighted by atomic mass is 14.1. The summed E-state index contributed by atoms with van der Waals surface area (Å²) in [5.41, 5.74) is 0. The van der Waals surface area contributed by atoms with Gasteiger partial charge in [0.2, 0.25) is 0 Å². The SMILES string of the molecule is C=CCCC(CC)CCC. The third kappa shape index (κ3) is 4.60. The van der Waals surface area contributed by atoms with E-state index in [0.717, 1.165) is 5.92 Å². The highest BCUT2D eigenvalue weighted by Gasteiger charge is 2.01. The van der Waals surface area contributed by atoms with Crippen LogP contribution in [0.3, 0.4) is 0 Å². The van der Waals surface area contributed by atoms with Crippen LogP contribution in [0.1, 0.15) is 46.0 Å². The second kappa shape index (κ2) is 6.85. The van der Waals surface area contributed by atoms with Crippen LogP contribution in [0, 0.1) is 5.92 Å². The van der Waals surface area contributed by atoms with E-state index < -0.39 is 0 Å². The molecule has 0 rings (SSSR count). The van der Waals surface area contributed by atoms with Crippen molar-refractivity contribution in [2.75, 3.05) is 0 Å². The lowest BCUT2D eigenvalue weighted by atomic mass is 9.95. The highest BCUT2D eigenvalue weighted by molar-refractivity contribution is 4.68. The van der Waals surface area contributed by atoms with E-state index in [9.17, 15) is 0 Å². The van der Waals surface area contributed by atoms with Crippen molar-refractivity contribution in [2.45, 2.75) is 46.0 Å². The molecule has 0 aliphatic heterocycles. The molecule has 0 aromatic carbocycles. The Bertz CT molecular complexity index is 74.1. The summed E-state index contributed by atoms with van der Waals surface area (Å²) in [6.07, 6.45) is 8.62. The molecule has 1 atom stereocenters. The molecule has 60 valence electrons. The van der Waals surface area contributed by atoms with Gasteiger partial charge in [-0.25, -0.2) is 0 Å². The van der Waals surface area contributed by atoms with Gasteiger partial charge in [-0.1, -0.05) is 39.2 Å². The number of hydrogen-bond acceptors (Lipinski definition) is 0. The van der Waals surface area contributed by atoms with Crippen molar-refractivity contribution in [1.82, 2.24) is 0 Å². The monoisotopic (exact) mass is 140 g/mol. The Balaban J connectivity index is 3.29. The summed E-state index contributed by atoms with van der Waals surface area (Å²) in [4.78, 5) is 0. The first kappa shape index (κ1) is 9.74. The van der Waals surface area contributed by atoms with Crippen LogP contribution in [-0.4, -0.2) is 0 Å². The topological polar surface area (TPSA) is 0 Å². The summed E-state index contributed by atoms with van der Waals surface area (Å²) in [6.45, 7) is 8.27. The lowest BCUT2D eigenvalue weighted by Gasteiger charge is -2.10. The lowest BCUT2D eigenvalue weighted by molar-refractivity contribution is 0.436. The van der Waals surface area contributed by atoms with E-state index in [-0.39, 0.29) is 0 Å². The van der Waals surface area contributed by atoms with Crippen LogP contribution in [0.25, 0.3) is 0 Å². The van der Waals surface area contributed by atoms with Crippen LogP contribution in [0.2, 0.25) is 0 Å². The maximum absolute atomic E-state index is 3.73. The van der Waals surface area contributed by atoms with E-state index in [1.54, 1.807) is 0 Å². The van der Waals surface area contributed by atoms with Crippen LogP contribution in [0.4, 0.5) is 0 Å². The minimum Gasteiger partial charge on any atom is -0.103 e. The van der Waals surface area contributed by atoms with E-state index >= 15 is 0 Å². The molecule has 0 N–H and O–H groups in total. The Morgan fingerprint density at radius 2 is 2.00 bits per heavy atom. The van der Waals surface area contributed by atoms with Gasteiger partial charge in [0, 0.05) is 0 Å². The average molecular weight is 140 g/mol. The van der Waals surface area contributed by atoms with E-state index in [1.165, 1.54) is 32.1 Å². The zero-order valence-corrected chi connectivity index (χ0v) is 7.40. The molecule has 0 heterocycles. The predicted octanol–water partition coefficient (Wildman–Crippen LogP) is 3.78. The fraction of sp³-hybridized carbons (Fsp3) is 0.800. The van der Waals surface area contributed by atoms with Crippen molar-refractivity contribution in [2.24, 2.45) is 5.92 Å². The lowest BCUT2D eigenvalue weighted by Crippen LogP contribution is -1.96. The van der Waals surface area contributed by atoms with Gasteiger partial charge in [-0.05, 0) is 18.8 Å². The number of hydrogen-bond donors (Lipinski definition) is 0. The molecule has 0 spiro atoms. The second-order valence-corrected chi connectivity index (χ2v) is 2.93. The van der Waals surface area contributed by atoms with Crippen molar-refractivity contribution in [1.29, 1.82) is 0 Å². The molecule has 0 fully saturated rings. The Morgan fingerprint density at radius 3 is 2.40 bits per heavy atom. The van der Waals surface area contributed by atoms with Crippen LogP contribution >= 0.6 is 0 Å². The molecule has 0 aromatic heterocycles. The Kier molecular flexibility index (Phi) is 6.68. The van der Waals surface area contributed by atoms with Crippen molar-refractivity contribution in [3.63, 3.8) is 0 Å². The molecule has 0 saturated heterocycles. The summed E-state index contributed by atoms with van der Waals surface area (Å²) < 4.78 is 0. The van der Waals surface area contributed by atoms with Crippen molar-refractivity contribution in [3.05, 3.63) is 12.7 Å². The van der Waals surface area contributed by atoms with Crippen LogP contribution in [0.5, 0.6) is 0 Å². The van der Waals surface area contributed by atoms with Crippen molar-refractivity contribution in [3.8, 4) is 0 Å². The second-order valence-electron chi connectivity index (χ2n) is 2.93. The first-order chi connectivity index (χ1) is 4.85. The van der Waals surface area contributed by atoms with Crippen LogP contribution in [0.15, 0.2) is 12.7 Å². The Morgan fingerprint density at radius 1 is 1.30 bits per heavy atom. The molecule has 0 aliphatic carbocycles. The Labute approximate surface area is 65.3 Å². The zero-order valence-electron chi connectivity index (χ0n) is 7.40. The normalized spacial score (nSPS) is 13.0. The van der Waals surface area contributed by atoms with Gasteiger partial charge in [0.15, 0.2) is 0 Å². The van der Waals surface area contributed by atoms with Gasteiger partial charge in [-0.15, -0.1) is 6.58 Å². The minimum atomic E-state index is 0.947. The summed E-state index contributed by atoms with van der Waals surface area (Å²) in [7, 11) is 0. The average Bonchev–Trinajstić information content (AvgIpc) is 1.98. The molecular weight excluding hydrogens is 120 g/mol. The van der Waals surface area contributed by atoms with Gasteiger partial charge in [0.05, 0.1) is 0 Å². The number of allylic oxidation sites excluding steroid dienone is 1. The molecular formula is C10H20. The molecule has 0 nitrogen and oxygen atoms in total. The first-order valence-electron chi connectivity index (χ1n) is 4.46. The smallest absolute Gasteiger partial charge is 0.0351 e. The van der Waals surface area contributed by atoms with Gasteiger partial charge in [0.1, 0.15) is 0 Å². The molecule has 0 heteroatoms. The van der Waals surface area contributed by atoms with Gasteiger partial charge < -0.3 is 0 Å². The van der Waals surface area contributed by atoms with Crippen molar-refractivity contribution >= 4 is 0 Å². The molecule has 1 unspecified atom stereocenters. The van der Waals surface area contributed by atoms with Gasteiger partial charge in [-0.2, -0.15) is 0 Å². The summed E-state index contributed by atoms with van der Waals surface area (Å²) in [5, 5.41) is 0. The van der Waals surface area contributed by atoms with E-state index in [1.807, 2.05) is 6.08 Å². The van der Waals surface area contributed by atoms with Crippen LogP contribution < -0.4 is 0 Å². The van der Waals surface area contributed by atoms with Crippen LogP contribution in [-0.2, 0) is 0 Å². The minimum absolute atomic E-state index is 0.947. The maximum Gasteiger partial charge on any atom is -0.0351 e. The summed E-state index contributed by atoms with van der Waals surface area (Å²) in [6, 6.07) is 0. The highest BCUT2D eigenvalue weighted by Crippen LogP contribution is 2.16. The molecule has 0 radical (unpaired) electrons. The fourth-order valence-corrected chi connectivity index (χ4v) is 1.31. The molecule has 0 saturated carbocycles. The van der Waals surface area contributed by atoms with Gasteiger partial charge >= 0.3 is 0 Å². The largest absolute Gasteiger partial charge is 0.103 e. The summed E-state index contributed by atoms with van der Waals surface area (Å²) in [5.74, 6) is 0.947. The van der Waals surface area contributed by atoms with Gasteiger partial charge in [0.25, 0.3) is 0 Å². The standard InChI is InChI=1S/C10H20/c1-4-7-9-10(6-3)8-5-2/h4,10H,1,5-9H2,2-3H3. The van der Waals surface area contributed by atoms with E-state index in [0.29, 0.717) is 0 Å². The van der Waals surface area contributed by atoms with E-state index in [2.05, 4.69) is 20.4 Å². The predicted molar refractivity (Wildman–Crippen MR) is 48.1 cm³/mol. The van der Waals surface area contributed by atoms with Crippen molar-refractivity contribution < 1.29 is 0 Å². The maximum atomic E-state index is 3.73. The molecule has 0 aromatic rings. The quantitative estimate of drug-likeness (QED) is 0.492. The molecule has 0 amide bonds.